The van der Waals surface area contributed by atoms with E-state index in [1.807, 2.05) is 6.07 Å². The number of nitrogen functional groups attached to an aromatic ring is 1. The van der Waals surface area contributed by atoms with Crippen LogP contribution in [0.25, 0.3) is 0 Å². The lowest BCUT2D eigenvalue weighted by molar-refractivity contribution is 0.286. The predicted molar refractivity (Wildman–Crippen MR) is 85.7 cm³/mol. The van der Waals surface area contributed by atoms with Gasteiger partial charge in [0.2, 0.25) is 10.0 Å². The van der Waals surface area contributed by atoms with Gasteiger partial charge in [-0.3, -0.25) is 0 Å². The third kappa shape index (κ3) is 4.28. The summed E-state index contributed by atoms with van der Waals surface area (Å²) in [6.45, 7) is 1.24. The molecule has 1 aromatic rings. The third-order valence-electron chi connectivity index (χ3n) is 3.40. The molecule has 0 radical (unpaired) electrons. The van der Waals surface area contributed by atoms with Crippen LogP contribution in [-0.4, -0.2) is 37.8 Å². The highest BCUT2D eigenvalue weighted by Gasteiger charge is 2.25. The summed E-state index contributed by atoms with van der Waals surface area (Å²) < 4.78 is 24.7. The molecule has 112 valence electrons. The first kappa shape index (κ1) is 15.9. The van der Waals surface area contributed by atoms with Crippen molar-refractivity contribution in [1.82, 2.24) is 4.31 Å². The summed E-state index contributed by atoms with van der Waals surface area (Å²) in [5.41, 5.74) is 6.63. The second-order valence-corrected chi connectivity index (χ2v) is 8.60. The van der Waals surface area contributed by atoms with E-state index in [4.69, 9.17) is 17.3 Å². The minimum Gasteiger partial charge on any atom is -0.398 e. The largest absolute Gasteiger partial charge is 0.398 e. The molecule has 4 nitrogen and oxygen atoms in total. The summed E-state index contributed by atoms with van der Waals surface area (Å²) in [7, 11) is -3.08. The minimum absolute atomic E-state index is 0.363. The Morgan fingerprint density at radius 1 is 1.50 bits per heavy atom. The van der Waals surface area contributed by atoms with E-state index in [0.717, 1.165) is 29.2 Å². The van der Waals surface area contributed by atoms with Gasteiger partial charge in [0.25, 0.3) is 0 Å². The number of piperidine rings is 1. The monoisotopic (exact) mass is 334 g/mol. The maximum absolute atomic E-state index is 11.6. The second-order valence-electron chi connectivity index (χ2n) is 5.12. The summed E-state index contributed by atoms with van der Waals surface area (Å²) in [6, 6.07) is 5.43. The summed E-state index contributed by atoms with van der Waals surface area (Å²) in [5, 5.41) is 0.670. The Balaban J connectivity index is 1.95. The maximum atomic E-state index is 11.6. The van der Waals surface area contributed by atoms with Crippen LogP contribution in [0, 0.1) is 5.92 Å². The fourth-order valence-electron chi connectivity index (χ4n) is 2.30. The molecule has 1 fully saturated rings. The van der Waals surface area contributed by atoms with Gasteiger partial charge in [0.1, 0.15) is 0 Å². The Morgan fingerprint density at radius 2 is 2.25 bits per heavy atom. The fraction of sp³-hybridized carbons (Fsp3) is 0.538. The molecule has 1 aliphatic rings. The summed E-state index contributed by atoms with van der Waals surface area (Å²) in [5.74, 6) is 1.22. The van der Waals surface area contributed by atoms with Gasteiger partial charge in [-0.15, -0.1) is 11.8 Å². The van der Waals surface area contributed by atoms with Crippen molar-refractivity contribution >= 4 is 39.1 Å². The Morgan fingerprint density at radius 3 is 2.95 bits per heavy atom. The van der Waals surface area contributed by atoms with Crippen LogP contribution in [0.1, 0.15) is 12.8 Å². The SMILES string of the molecule is CS(=O)(=O)N1CCCC(CSc2cc(Cl)ccc2N)C1. The summed E-state index contributed by atoms with van der Waals surface area (Å²) >= 11 is 7.61. The second kappa shape index (κ2) is 6.56. The van der Waals surface area contributed by atoms with Gasteiger partial charge < -0.3 is 5.73 Å². The molecule has 0 bridgehead atoms. The molecule has 1 aliphatic heterocycles. The van der Waals surface area contributed by atoms with E-state index in [1.54, 1.807) is 28.2 Å². The fourth-order valence-corrected chi connectivity index (χ4v) is 4.62. The molecule has 0 saturated carbocycles. The van der Waals surface area contributed by atoms with E-state index in [1.165, 1.54) is 6.26 Å². The third-order valence-corrected chi connectivity index (χ3v) is 6.21. The highest BCUT2D eigenvalue weighted by molar-refractivity contribution is 7.99. The molecule has 7 heteroatoms. The van der Waals surface area contributed by atoms with Crippen LogP contribution < -0.4 is 5.73 Å². The molecular formula is C13H19ClN2O2S2. The van der Waals surface area contributed by atoms with Crippen molar-refractivity contribution in [1.29, 1.82) is 0 Å². The van der Waals surface area contributed by atoms with Crippen LogP contribution in [0.3, 0.4) is 0 Å². The van der Waals surface area contributed by atoms with Crippen molar-refractivity contribution in [3.8, 4) is 0 Å². The molecule has 0 spiro atoms. The lowest BCUT2D eigenvalue weighted by atomic mass is 10.0. The Bertz CT molecular complexity index is 578. The molecule has 1 heterocycles. The van der Waals surface area contributed by atoms with Crippen molar-refractivity contribution in [2.75, 3.05) is 30.8 Å². The molecule has 1 saturated heterocycles. The molecule has 1 atom stereocenters. The van der Waals surface area contributed by atoms with Crippen LogP contribution in [0.2, 0.25) is 5.02 Å². The molecule has 0 amide bonds. The number of hydrogen-bond acceptors (Lipinski definition) is 4. The van der Waals surface area contributed by atoms with E-state index in [9.17, 15) is 8.42 Å². The number of hydrogen-bond donors (Lipinski definition) is 1. The first-order valence-corrected chi connectivity index (χ1v) is 9.70. The van der Waals surface area contributed by atoms with Crippen LogP contribution >= 0.6 is 23.4 Å². The number of anilines is 1. The molecular weight excluding hydrogens is 316 g/mol. The average molecular weight is 335 g/mol. The molecule has 20 heavy (non-hydrogen) atoms. The normalized spacial score (nSPS) is 21.0. The van der Waals surface area contributed by atoms with Gasteiger partial charge in [0, 0.05) is 34.4 Å². The van der Waals surface area contributed by atoms with Crippen molar-refractivity contribution in [3.63, 3.8) is 0 Å². The van der Waals surface area contributed by atoms with Crippen LogP contribution in [-0.2, 0) is 10.0 Å². The molecule has 1 unspecified atom stereocenters. The van der Waals surface area contributed by atoms with Crippen molar-refractivity contribution in [3.05, 3.63) is 23.2 Å². The Labute approximate surface area is 129 Å². The van der Waals surface area contributed by atoms with Crippen LogP contribution in [0.4, 0.5) is 5.69 Å². The Hall–Kier alpha value is -0.430. The average Bonchev–Trinajstić information content (AvgIpc) is 2.39. The Kier molecular flexibility index (Phi) is 5.23. The minimum atomic E-state index is -3.08. The summed E-state index contributed by atoms with van der Waals surface area (Å²) in [6.07, 6.45) is 3.25. The number of halogens is 1. The first-order valence-electron chi connectivity index (χ1n) is 6.49. The number of rotatable bonds is 4. The van der Waals surface area contributed by atoms with Gasteiger partial charge in [-0.25, -0.2) is 12.7 Å². The van der Waals surface area contributed by atoms with E-state index in [-0.39, 0.29) is 0 Å². The molecule has 0 aliphatic carbocycles. The lowest BCUT2D eigenvalue weighted by Crippen LogP contribution is -2.39. The zero-order valence-electron chi connectivity index (χ0n) is 11.4. The summed E-state index contributed by atoms with van der Waals surface area (Å²) in [4.78, 5) is 0.967. The van der Waals surface area contributed by atoms with Gasteiger partial charge >= 0.3 is 0 Å². The van der Waals surface area contributed by atoms with Crippen molar-refractivity contribution in [2.24, 2.45) is 5.92 Å². The van der Waals surface area contributed by atoms with E-state index in [0.29, 0.717) is 24.0 Å². The van der Waals surface area contributed by atoms with Gasteiger partial charge in [0.15, 0.2) is 0 Å². The van der Waals surface area contributed by atoms with E-state index in [2.05, 4.69) is 0 Å². The lowest BCUT2D eigenvalue weighted by Gasteiger charge is -2.30. The van der Waals surface area contributed by atoms with Gasteiger partial charge in [0.05, 0.1) is 6.26 Å². The maximum Gasteiger partial charge on any atom is 0.211 e. The highest BCUT2D eigenvalue weighted by Crippen LogP contribution is 2.31. The van der Waals surface area contributed by atoms with Crippen molar-refractivity contribution < 1.29 is 8.42 Å². The molecule has 0 aromatic heterocycles. The highest BCUT2D eigenvalue weighted by atomic mass is 35.5. The standard InChI is InChI=1S/C13H19ClN2O2S2/c1-20(17,18)16-6-2-3-10(8-16)9-19-13-7-11(14)4-5-12(13)15/h4-5,7,10H,2-3,6,8-9,15H2,1H3. The van der Waals surface area contributed by atoms with E-state index < -0.39 is 10.0 Å². The smallest absolute Gasteiger partial charge is 0.211 e. The number of sulfonamides is 1. The zero-order valence-corrected chi connectivity index (χ0v) is 13.8. The zero-order chi connectivity index (χ0) is 14.8. The number of nitrogens with zero attached hydrogens (tertiary/aromatic N) is 1. The quantitative estimate of drug-likeness (QED) is 0.679. The van der Waals surface area contributed by atoms with E-state index >= 15 is 0 Å². The predicted octanol–water partition coefficient (Wildman–Crippen LogP) is 2.69. The van der Waals surface area contributed by atoms with Gasteiger partial charge in [-0.05, 0) is 37.0 Å². The van der Waals surface area contributed by atoms with Gasteiger partial charge in [-0.2, -0.15) is 0 Å². The van der Waals surface area contributed by atoms with Crippen molar-refractivity contribution in [2.45, 2.75) is 17.7 Å². The van der Waals surface area contributed by atoms with Crippen LogP contribution in [0.5, 0.6) is 0 Å². The van der Waals surface area contributed by atoms with Crippen LogP contribution in [0.15, 0.2) is 23.1 Å². The molecule has 1 aromatic carbocycles. The topological polar surface area (TPSA) is 63.4 Å². The number of benzene rings is 1. The number of nitrogens with two attached hydrogens (primary N) is 1. The number of thioether (sulfide) groups is 1. The van der Waals surface area contributed by atoms with Gasteiger partial charge in [-0.1, -0.05) is 11.6 Å². The first-order chi connectivity index (χ1) is 9.36. The molecule has 2 N–H and O–H groups in total. The molecule has 2 rings (SSSR count).